The summed E-state index contributed by atoms with van der Waals surface area (Å²) < 4.78 is 4.84. The number of anilines is 1. The molecule has 1 unspecified atom stereocenters. The van der Waals surface area contributed by atoms with Crippen molar-refractivity contribution in [2.45, 2.75) is 19.4 Å². The zero-order chi connectivity index (χ0) is 15.0. The number of carbonyl (C=O) groups is 1. The molecule has 1 heterocycles. The van der Waals surface area contributed by atoms with Crippen LogP contribution < -0.4 is 5.32 Å². The molecule has 0 aliphatic rings. The van der Waals surface area contributed by atoms with Crippen molar-refractivity contribution in [1.29, 1.82) is 0 Å². The highest BCUT2D eigenvalue weighted by Crippen LogP contribution is 2.07. The molecule has 2 N–H and O–H groups in total. The number of likely N-dealkylation sites (N-methyl/N-ethyl adjacent to an activating group) is 1. The monoisotopic (exact) mass is 281 g/mol. The maximum atomic E-state index is 12.2. The van der Waals surface area contributed by atoms with Gasteiger partial charge < -0.3 is 20.1 Å². The fourth-order valence-electron chi connectivity index (χ4n) is 1.75. The van der Waals surface area contributed by atoms with Crippen molar-refractivity contribution in [3.05, 3.63) is 23.9 Å². The van der Waals surface area contributed by atoms with Crippen molar-refractivity contribution >= 4 is 11.7 Å². The number of nitrogens with one attached hydrogen (secondary N) is 1. The summed E-state index contributed by atoms with van der Waals surface area (Å²) in [7, 11) is 3.14. The normalized spacial score (nSPS) is 12.0. The predicted octanol–water partition coefficient (Wildman–Crippen LogP) is 0.983. The van der Waals surface area contributed by atoms with Crippen LogP contribution in [-0.4, -0.2) is 60.9 Å². The van der Waals surface area contributed by atoms with E-state index in [1.165, 1.54) is 12.0 Å². The summed E-state index contributed by atoms with van der Waals surface area (Å²) >= 11 is 0. The molecule has 0 fully saturated rings. The summed E-state index contributed by atoms with van der Waals surface area (Å²) in [6.45, 7) is 3.28. The SMILES string of the molecule is CCCNc1cccc(C(=O)N(C)CC(O)COC)n1. The second-order valence-electron chi connectivity index (χ2n) is 4.63. The number of amides is 1. The highest BCUT2D eigenvalue weighted by Gasteiger charge is 2.16. The molecule has 1 rings (SSSR count). The lowest BCUT2D eigenvalue weighted by molar-refractivity contribution is 0.0378. The minimum atomic E-state index is -0.699. The molecule has 0 aromatic carbocycles. The van der Waals surface area contributed by atoms with Crippen molar-refractivity contribution < 1.29 is 14.6 Å². The van der Waals surface area contributed by atoms with Crippen molar-refractivity contribution in [3.63, 3.8) is 0 Å². The molecule has 0 saturated carbocycles. The Kier molecular flexibility index (Phi) is 6.97. The molecule has 112 valence electrons. The summed E-state index contributed by atoms with van der Waals surface area (Å²) in [5.41, 5.74) is 0.359. The molecule has 1 aromatic heterocycles. The first kappa shape index (κ1) is 16.4. The average molecular weight is 281 g/mol. The van der Waals surface area contributed by atoms with Gasteiger partial charge in [-0.1, -0.05) is 13.0 Å². The maximum absolute atomic E-state index is 12.2. The Balaban J connectivity index is 2.66. The topological polar surface area (TPSA) is 74.7 Å². The molecular weight excluding hydrogens is 258 g/mol. The molecule has 0 saturated heterocycles. The molecule has 1 atom stereocenters. The Hall–Kier alpha value is -1.66. The van der Waals surface area contributed by atoms with E-state index in [4.69, 9.17) is 4.74 Å². The fourth-order valence-corrected chi connectivity index (χ4v) is 1.75. The summed E-state index contributed by atoms with van der Waals surface area (Å²) in [4.78, 5) is 17.9. The number of aromatic nitrogens is 1. The van der Waals surface area contributed by atoms with Gasteiger partial charge in [0.15, 0.2) is 0 Å². The third kappa shape index (κ3) is 5.14. The van der Waals surface area contributed by atoms with Crippen LogP contribution >= 0.6 is 0 Å². The molecule has 6 nitrogen and oxygen atoms in total. The first-order chi connectivity index (χ1) is 9.58. The van der Waals surface area contributed by atoms with Crippen molar-refractivity contribution in [2.75, 3.05) is 39.2 Å². The van der Waals surface area contributed by atoms with Crippen molar-refractivity contribution in [2.24, 2.45) is 0 Å². The number of carbonyl (C=O) groups excluding carboxylic acids is 1. The number of hydrogen-bond donors (Lipinski definition) is 2. The summed E-state index contributed by atoms with van der Waals surface area (Å²) in [5, 5.41) is 12.8. The smallest absolute Gasteiger partial charge is 0.272 e. The van der Waals surface area contributed by atoms with Gasteiger partial charge in [0.1, 0.15) is 11.5 Å². The molecule has 6 heteroatoms. The number of hydrogen-bond acceptors (Lipinski definition) is 5. The largest absolute Gasteiger partial charge is 0.389 e. The average Bonchev–Trinajstić information content (AvgIpc) is 2.44. The van der Waals surface area contributed by atoms with E-state index >= 15 is 0 Å². The second kappa shape index (κ2) is 8.50. The Labute approximate surface area is 119 Å². The Morgan fingerprint density at radius 2 is 2.30 bits per heavy atom. The van der Waals surface area contributed by atoms with Crippen molar-refractivity contribution in [3.8, 4) is 0 Å². The standard InChI is InChI=1S/C14H23N3O3/c1-4-8-15-13-7-5-6-12(16-13)14(19)17(2)9-11(18)10-20-3/h5-7,11,18H,4,8-10H2,1-3H3,(H,15,16). The van der Waals surface area contributed by atoms with Crippen LogP contribution in [0.25, 0.3) is 0 Å². The zero-order valence-corrected chi connectivity index (χ0v) is 12.3. The molecular formula is C14H23N3O3. The molecule has 0 aliphatic heterocycles. The molecule has 1 amide bonds. The van der Waals surface area contributed by atoms with Crippen LogP contribution in [0.15, 0.2) is 18.2 Å². The molecule has 0 aliphatic carbocycles. The number of aliphatic hydroxyl groups excluding tert-OH is 1. The quantitative estimate of drug-likeness (QED) is 0.743. The van der Waals surface area contributed by atoms with Gasteiger partial charge in [-0.25, -0.2) is 4.98 Å². The minimum Gasteiger partial charge on any atom is -0.389 e. The minimum absolute atomic E-state index is 0.198. The Bertz CT molecular complexity index is 426. The lowest BCUT2D eigenvalue weighted by atomic mass is 10.3. The zero-order valence-electron chi connectivity index (χ0n) is 12.3. The van der Waals surface area contributed by atoms with E-state index < -0.39 is 6.10 Å². The maximum Gasteiger partial charge on any atom is 0.272 e. The first-order valence-electron chi connectivity index (χ1n) is 6.71. The van der Waals surface area contributed by atoms with E-state index in [0.717, 1.165) is 13.0 Å². The summed E-state index contributed by atoms with van der Waals surface area (Å²) in [6.07, 6.45) is 0.290. The second-order valence-corrected chi connectivity index (χ2v) is 4.63. The van der Waals surface area contributed by atoms with Crippen LogP contribution in [0.3, 0.4) is 0 Å². The Morgan fingerprint density at radius 1 is 1.55 bits per heavy atom. The van der Waals surface area contributed by atoms with E-state index in [1.54, 1.807) is 19.2 Å². The van der Waals surface area contributed by atoms with Crippen LogP contribution in [0.2, 0.25) is 0 Å². The number of rotatable bonds is 8. The lowest BCUT2D eigenvalue weighted by Gasteiger charge is -2.20. The molecule has 0 bridgehead atoms. The van der Waals surface area contributed by atoms with Gasteiger partial charge in [-0.3, -0.25) is 4.79 Å². The van der Waals surface area contributed by atoms with Gasteiger partial charge in [-0.15, -0.1) is 0 Å². The number of nitrogens with zero attached hydrogens (tertiary/aromatic N) is 2. The lowest BCUT2D eigenvalue weighted by Crippen LogP contribution is -2.36. The van der Waals surface area contributed by atoms with Crippen LogP contribution in [-0.2, 0) is 4.74 Å². The van der Waals surface area contributed by atoms with Crippen molar-refractivity contribution in [1.82, 2.24) is 9.88 Å². The third-order valence-corrected chi connectivity index (χ3v) is 2.71. The van der Waals surface area contributed by atoms with Gasteiger partial charge in [-0.2, -0.15) is 0 Å². The van der Waals surface area contributed by atoms with Crippen LogP contribution in [0, 0.1) is 0 Å². The van der Waals surface area contributed by atoms with E-state index in [-0.39, 0.29) is 19.1 Å². The van der Waals surface area contributed by atoms with E-state index in [9.17, 15) is 9.90 Å². The highest BCUT2D eigenvalue weighted by atomic mass is 16.5. The molecule has 1 aromatic rings. The van der Waals surface area contributed by atoms with E-state index in [0.29, 0.717) is 11.5 Å². The van der Waals surface area contributed by atoms with Gasteiger partial charge in [0, 0.05) is 27.2 Å². The Morgan fingerprint density at radius 3 is 2.95 bits per heavy atom. The highest BCUT2D eigenvalue weighted by molar-refractivity contribution is 5.92. The first-order valence-corrected chi connectivity index (χ1v) is 6.71. The molecule has 0 spiro atoms. The van der Waals surface area contributed by atoms with Crippen LogP contribution in [0.4, 0.5) is 5.82 Å². The number of pyridine rings is 1. The van der Waals surface area contributed by atoms with E-state index in [2.05, 4.69) is 17.2 Å². The van der Waals surface area contributed by atoms with Gasteiger partial charge in [0.05, 0.1) is 12.7 Å². The van der Waals surface area contributed by atoms with Crippen LogP contribution in [0.1, 0.15) is 23.8 Å². The van der Waals surface area contributed by atoms with E-state index in [1.807, 2.05) is 6.07 Å². The van der Waals surface area contributed by atoms with Crippen LogP contribution in [0.5, 0.6) is 0 Å². The van der Waals surface area contributed by atoms with Gasteiger partial charge in [0.2, 0.25) is 0 Å². The summed E-state index contributed by atoms with van der Waals surface area (Å²) in [6, 6.07) is 5.28. The number of ether oxygens (including phenoxy) is 1. The van der Waals surface area contributed by atoms with Gasteiger partial charge >= 0.3 is 0 Å². The van der Waals surface area contributed by atoms with Gasteiger partial charge in [0.25, 0.3) is 5.91 Å². The van der Waals surface area contributed by atoms with Gasteiger partial charge in [-0.05, 0) is 18.6 Å². The molecule has 20 heavy (non-hydrogen) atoms. The molecule has 0 radical (unpaired) electrons. The number of aliphatic hydroxyl groups is 1. The third-order valence-electron chi connectivity index (χ3n) is 2.71. The fraction of sp³-hybridized carbons (Fsp3) is 0.571. The predicted molar refractivity (Wildman–Crippen MR) is 77.9 cm³/mol. The summed E-state index contributed by atoms with van der Waals surface area (Å²) in [5.74, 6) is 0.462. The number of methoxy groups -OCH3 is 1.